The number of methoxy groups -OCH3 is 1. The molecule has 0 spiro atoms. The number of pyridine rings is 1. The molecule has 170 valence electrons. The summed E-state index contributed by atoms with van der Waals surface area (Å²) in [5.41, 5.74) is 1.66. The molecule has 1 amide bonds. The van der Waals surface area contributed by atoms with E-state index in [0.717, 1.165) is 5.56 Å². The lowest BCUT2D eigenvalue weighted by Crippen LogP contribution is -2.38. The zero-order chi connectivity index (χ0) is 23.8. The molecule has 1 N–H and O–H groups in total. The Hall–Kier alpha value is -3.38. The number of hydrogen-bond acceptors (Lipinski definition) is 4. The molecule has 0 atom stereocenters. The predicted molar refractivity (Wildman–Crippen MR) is 128 cm³/mol. The van der Waals surface area contributed by atoms with Crippen LogP contribution in [-0.2, 0) is 13.0 Å². The lowest BCUT2D eigenvalue weighted by molar-refractivity contribution is 0.0908. The third-order valence-corrected chi connectivity index (χ3v) is 6.08. The molecule has 3 aromatic rings. The zero-order valence-corrected chi connectivity index (χ0v) is 19.5. The van der Waals surface area contributed by atoms with Gasteiger partial charge in [0.25, 0.3) is 11.5 Å². The summed E-state index contributed by atoms with van der Waals surface area (Å²) in [6.45, 7) is 4.24. The largest absolute Gasteiger partial charge is 0.497 e. The summed E-state index contributed by atoms with van der Waals surface area (Å²) in [6.07, 6.45) is 0.897. The monoisotopic (exact) mass is 464 g/mol. The number of Topliss-reactive ketones (excluding diaryl/α,β-unsaturated/α-hetero) is 1. The molecule has 1 aliphatic rings. The molecule has 0 unspecified atom stereocenters. The molecule has 0 radical (unpaired) electrons. The van der Waals surface area contributed by atoms with E-state index >= 15 is 0 Å². The van der Waals surface area contributed by atoms with Crippen LogP contribution in [0.1, 0.15) is 52.2 Å². The molecule has 1 aliphatic carbocycles. The summed E-state index contributed by atoms with van der Waals surface area (Å²) < 4.78 is 6.72. The Morgan fingerprint density at radius 1 is 1.06 bits per heavy atom. The predicted octanol–water partition coefficient (Wildman–Crippen LogP) is 4.58. The molecule has 1 aromatic heterocycles. The van der Waals surface area contributed by atoms with Crippen molar-refractivity contribution in [3.8, 4) is 11.4 Å². The van der Waals surface area contributed by atoms with Gasteiger partial charge in [0.1, 0.15) is 11.3 Å². The van der Waals surface area contributed by atoms with Crippen LogP contribution in [-0.4, -0.2) is 23.4 Å². The molecular formula is C26H25ClN2O4. The topological polar surface area (TPSA) is 77.4 Å². The summed E-state index contributed by atoms with van der Waals surface area (Å²) in [5.74, 6) is 0.0434. The van der Waals surface area contributed by atoms with Gasteiger partial charge in [0.2, 0.25) is 0 Å². The second-order valence-electron chi connectivity index (χ2n) is 9.01. The molecular weight excluding hydrogens is 440 g/mol. The number of benzene rings is 2. The number of rotatable bonds is 5. The normalized spacial score (nSPS) is 14.5. The molecule has 0 bridgehead atoms. The van der Waals surface area contributed by atoms with Gasteiger partial charge >= 0.3 is 0 Å². The van der Waals surface area contributed by atoms with Crippen molar-refractivity contribution in [2.24, 2.45) is 5.41 Å². The van der Waals surface area contributed by atoms with Crippen molar-refractivity contribution < 1.29 is 14.3 Å². The van der Waals surface area contributed by atoms with Gasteiger partial charge in [-0.15, -0.1) is 0 Å². The van der Waals surface area contributed by atoms with Crippen LogP contribution in [0, 0.1) is 5.41 Å². The van der Waals surface area contributed by atoms with Crippen LogP contribution in [0.15, 0.2) is 59.4 Å². The summed E-state index contributed by atoms with van der Waals surface area (Å²) >= 11 is 5.92. The van der Waals surface area contributed by atoms with Crippen LogP contribution in [0.4, 0.5) is 0 Å². The van der Waals surface area contributed by atoms with E-state index in [4.69, 9.17) is 16.3 Å². The van der Waals surface area contributed by atoms with Gasteiger partial charge in [-0.05, 0) is 59.9 Å². The highest BCUT2D eigenvalue weighted by Crippen LogP contribution is 2.35. The second kappa shape index (κ2) is 8.87. The first-order chi connectivity index (χ1) is 15.7. The van der Waals surface area contributed by atoms with E-state index in [9.17, 15) is 14.4 Å². The van der Waals surface area contributed by atoms with E-state index < -0.39 is 11.5 Å². The van der Waals surface area contributed by atoms with Gasteiger partial charge in [0.05, 0.1) is 7.11 Å². The molecule has 0 saturated heterocycles. The fourth-order valence-corrected chi connectivity index (χ4v) is 4.29. The van der Waals surface area contributed by atoms with Crippen molar-refractivity contribution in [2.45, 2.75) is 33.2 Å². The highest BCUT2D eigenvalue weighted by Gasteiger charge is 2.35. The molecule has 6 nitrogen and oxygen atoms in total. The maximum atomic E-state index is 13.6. The highest BCUT2D eigenvalue weighted by atomic mass is 35.5. The Morgan fingerprint density at radius 3 is 2.36 bits per heavy atom. The van der Waals surface area contributed by atoms with Crippen molar-refractivity contribution in [1.82, 2.24) is 9.88 Å². The Morgan fingerprint density at radius 2 is 1.73 bits per heavy atom. The van der Waals surface area contributed by atoms with Crippen LogP contribution < -0.4 is 15.6 Å². The maximum Gasteiger partial charge on any atom is 0.268 e. The second-order valence-corrected chi connectivity index (χ2v) is 9.44. The van der Waals surface area contributed by atoms with E-state index in [1.807, 2.05) is 13.8 Å². The Balaban J connectivity index is 1.79. The molecule has 2 aromatic carbocycles. The Bertz CT molecular complexity index is 1280. The lowest BCUT2D eigenvalue weighted by atomic mass is 9.75. The van der Waals surface area contributed by atoms with Gasteiger partial charge in [-0.2, -0.15) is 0 Å². The van der Waals surface area contributed by atoms with E-state index in [2.05, 4.69) is 5.32 Å². The molecule has 0 fully saturated rings. The van der Waals surface area contributed by atoms with Crippen molar-refractivity contribution in [1.29, 1.82) is 0 Å². The third-order valence-electron chi connectivity index (χ3n) is 5.83. The van der Waals surface area contributed by atoms with Crippen LogP contribution >= 0.6 is 11.6 Å². The van der Waals surface area contributed by atoms with Crippen molar-refractivity contribution in [2.75, 3.05) is 7.11 Å². The maximum absolute atomic E-state index is 13.6. The van der Waals surface area contributed by atoms with E-state index in [1.54, 1.807) is 55.6 Å². The van der Waals surface area contributed by atoms with Gasteiger partial charge in [0, 0.05) is 34.9 Å². The molecule has 33 heavy (non-hydrogen) atoms. The first-order valence-electron chi connectivity index (χ1n) is 10.7. The number of carbonyl (C=O) groups excluding carboxylic acids is 2. The van der Waals surface area contributed by atoms with Crippen molar-refractivity contribution in [3.05, 3.63) is 92.4 Å². The zero-order valence-electron chi connectivity index (χ0n) is 18.8. The summed E-state index contributed by atoms with van der Waals surface area (Å²) in [7, 11) is 1.57. The smallest absolute Gasteiger partial charge is 0.268 e. The number of carbonyl (C=O) groups is 2. The van der Waals surface area contributed by atoms with E-state index in [-0.39, 0.29) is 23.3 Å². The number of ether oxygens (including phenoxy) is 1. The average molecular weight is 465 g/mol. The number of hydrogen-bond donors (Lipinski definition) is 1. The first-order valence-corrected chi connectivity index (χ1v) is 11.1. The first kappa shape index (κ1) is 22.8. The fraction of sp³-hybridized carbons (Fsp3) is 0.269. The van der Waals surface area contributed by atoms with Crippen molar-refractivity contribution in [3.63, 3.8) is 0 Å². The van der Waals surface area contributed by atoms with Gasteiger partial charge in [-0.1, -0.05) is 37.6 Å². The Kier molecular flexibility index (Phi) is 6.13. The minimum Gasteiger partial charge on any atom is -0.497 e. The molecule has 4 rings (SSSR count). The molecule has 0 aliphatic heterocycles. The lowest BCUT2D eigenvalue weighted by Gasteiger charge is -2.32. The highest BCUT2D eigenvalue weighted by molar-refractivity contribution is 6.30. The van der Waals surface area contributed by atoms with Crippen LogP contribution in [0.25, 0.3) is 5.69 Å². The summed E-state index contributed by atoms with van der Waals surface area (Å²) in [6, 6.07) is 15.5. The minimum atomic E-state index is -0.530. The molecule has 0 saturated carbocycles. The Labute approximate surface area is 197 Å². The van der Waals surface area contributed by atoms with Crippen molar-refractivity contribution >= 4 is 23.3 Å². The number of amides is 1. The van der Waals surface area contributed by atoms with Crippen LogP contribution in [0.3, 0.4) is 0 Å². The number of nitrogens with zero attached hydrogens (tertiary/aromatic N) is 1. The van der Waals surface area contributed by atoms with E-state index in [0.29, 0.717) is 40.6 Å². The van der Waals surface area contributed by atoms with Gasteiger partial charge in [-0.25, -0.2) is 0 Å². The van der Waals surface area contributed by atoms with Gasteiger partial charge in [0.15, 0.2) is 5.78 Å². The summed E-state index contributed by atoms with van der Waals surface area (Å²) in [5, 5.41) is 3.38. The number of halogens is 1. The number of fused-ring (bicyclic) bond motifs is 1. The standard InChI is InChI=1S/C26H25ClN2O4/c1-26(2)13-22-20(23(30)14-26)12-21(24(31)28-15-16-4-6-17(27)7-5-16)25(32)29(22)18-8-10-19(33-3)11-9-18/h4-12H,13-15H2,1-3H3,(H,28,31). The van der Waals surface area contributed by atoms with Gasteiger partial charge < -0.3 is 10.1 Å². The fourth-order valence-electron chi connectivity index (χ4n) is 4.16. The third kappa shape index (κ3) is 4.71. The molecule has 1 heterocycles. The SMILES string of the molecule is COc1ccc(-n2c3c(cc(C(=O)NCc4ccc(Cl)cc4)c2=O)C(=O)CC(C)(C)C3)cc1. The average Bonchev–Trinajstić information content (AvgIpc) is 2.78. The number of nitrogens with one attached hydrogen (secondary N) is 1. The van der Waals surface area contributed by atoms with E-state index in [1.165, 1.54) is 10.6 Å². The minimum absolute atomic E-state index is 0.0633. The summed E-state index contributed by atoms with van der Waals surface area (Å²) in [4.78, 5) is 39.6. The number of aromatic nitrogens is 1. The van der Waals surface area contributed by atoms with Crippen LogP contribution in [0.5, 0.6) is 5.75 Å². The van der Waals surface area contributed by atoms with Crippen LogP contribution in [0.2, 0.25) is 5.02 Å². The van der Waals surface area contributed by atoms with Gasteiger partial charge in [-0.3, -0.25) is 19.0 Å². The quantitative estimate of drug-likeness (QED) is 0.599. The molecule has 7 heteroatoms. The number of ketones is 1.